The average Bonchev–Trinajstić information content (AvgIpc) is 3.10. The average molecular weight is 250 g/mol. The Morgan fingerprint density at radius 3 is 2.22 bits per heavy atom. The van der Waals surface area contributed by atoms with Gasteiger partial charge in [-0.25, -0.2) is 0 Å². The van der Waals surface area contributed by atoms with Crippen LogP contribution in [0.15, 0.2) is 0 Å². The Hall–Kier alpha value is -0.330. The van der Waals surface area contributed by atoms with E-state index in [1.54, 1.807) is 0 Å². The molecule has 2 aliphatic carbocycles. The Morgan fingerprint density at radius 2 is 1.50 bits per heavy atom. The molecule has 0 bridgehead atoms. The van der Waals surface area contributed by atoms with Gasteiger partial charge < -0.3 is 0 Å². The van der Waals surface area contributed by atoms with Crippen LogP contribution in [0.1, 0.15) is 84.0 Å². The fourth-order valence-corrected chi connectivity index (χ4v) is 3.70. The minimum Gasteiger partial charge on any atom is -0.300 e. The molecule has 2 fully saturated rings. The molecule has 0 amide bonds. The van der Waals surface area contributed by atoms with Crippen LogP contribution in [-0.2, 0) is 4.79 Å². The van der Waals surface area contributed by atoms with Gasteiger partial charge in [0.1, 0.15) is 5.78 Å². The number of hydrogen-bond acceptors (Lipinski definition) is 1. The first kappa shape index (κ1) is 14.1. The van der Waals surface area contributed by atoms with Gasteiger partial charge in [-0.05, 0) is 30.6 Å². The van der Waals surface area contributed by atoms with Gasteiger partial charge in [-0.3, -0.25) is 4.79 Å². The third-order valence-electron chi connectivity index (χ3n) is 5.04. The summed E-state index contributed by atoms with van der Waals surface area (Å²) in [5, 5.41) is 0. The number of rotatable bonds is 0. The quantitative estimate of drug-likeness (QED) is 0.582. The van der Waals surface area contributed by atoms with Gasteiger partial charge in [0.25, 0.3) is 0 Å². The van der Waals surface area contributed by atoms with Crippen molar-refractivity contribution in [2.75, 3.05) is 0 Å². The van der Waals surface area contributed by atoms with E-state index in [4.69, 9.17) is 0 Å². The van der Waals surface area contributed by atoms with Gasteiger partial charge >= 0.3 is 0 Å². The monoisotopic (exact) mass is 250 g/mol. The van der Waals surface area contributed by atoms with E-state index < -0.39 is 0 Å². The van der Waals surface area contributed by atoms with Crippen LogP contribution in [0.25, 0.3) is 0 Å². The second-order valence-corrected chi connectivity index (χ2v) is 6.75. The predicted octanol–water partition coefficient (Wildman–Crippen LogP) is 5.13. The van der Waals surface area contributed by atoms with Crippen molar-refractivity contribution >= 4 is 5.78 Å². The summed E-state index contributed by atoms with van der Waals surface area (Å²) in [6.07, 6.45) is 15.4. The maximum atomic E-state index is 11.9. The molecule has 0 N–H and O–H groups in total. The van der Waals surface area contributed by atoms with Crippen LogP contribution in [0, 0.1) is 17.8 Å². The summed E-state index contributed by atoms with van der Waals surface area (Å²) in [7, 11) is 0. The fraction of sp³-hybridized carbons (Fsp3) is 0.941. The molecule has 3 atom stereocenters. The maximum Gasteiger partial charge on any atom is 0.133 e. The summed E-state index contributed by atoms with van der Waals surface area (Å²) in [6.45, 7) is 2.31. The first-order chi connectivity index (χ1) is 8.77. The van der Waals surface area contributed by atoms with E-state index in [-0.39, 0.29) is 0 Å². The molecular formula is C17H30O. The zero-order valence-corrected chi connectivity index (χ0v) is 12.1. The van der Waals surface area contributed by atoms with Gasteiger partial charge in [0.15, 0.2) is 0 Å². The van der Waals surface area contributed by atoms with Crippen molar-refractivity contribution in [1.29, 1.82) is 0 Å². The van der Waals surface area contributed by atoms with Crippen molar-refractivity contribution in [2.45, 2.75) is 84.0 Å². The third-order valence-corrected chi connectivity index (χ3v) is 5.04. The predicted molar refractivity (Wildman–Crippen MR) is 76.6 cm³/mol. The minimum atomic E-state index is 0.531. The summed E-state index contributed by atoms with van der Waals surface area (Å²) >= 11 is 0. The molecule has 2 aliphatic rings. The van der Waals surface area contributed by atoms with Crippen molar-refractivity contribution in [3.8, 4) is 0 Å². The molecule has 0 saturated heterocycles. The molecule has 0 aliphatic heterocycles. The maximum absolute atomic E-state index is 11.9. The van der Waals surface area contributed by atoms with E-state index >= 15 is 0 Å². The molecule has 18 heavy (non-hydrogen) atoms. The van der Waals surface area contributed by atoms with E-state index in [0.717, 1.165) is 31.1 Å². The van der Waals surface area contributed by atoms with Crippen LogP contribution in [0.3, 0.4) is 0 Å². The standard InChI is InChI=1S/C17H30O/c1-14-12-16(18)11-9-7-5-3-2-4-6-8-10-15-13-17(14)15/h14-15,17H,2-13H2,1H3. The number of hydrogen-bond donors (Lipinski definition) is 0. The van der Waals surface area contributed by atoms with E-state index in [1.807, 2.05) is 0 Å². The van der Waals surface area contributed by atoms with Crippen LogP contribution in [-0.4, -0.2) is 5.78 Å². The van der Waals surface area contributed by atoms with Crippen LogP contribution in [0.4, 0.5) is 0 Å². The second-order valence-electron chi connectivity index (χ2n) is 6.75. The summed E-state index contributed by atoms with van der Waals surface area (Å²) < 4.78 is 0. The van der Waals surface area contributed by atoms with E-state index in [9.17, 15) is 4.79 Å². The van der Waals surface area contributed by atoms with Gasteiger partial charge in [0.05, 0.1) is 0 Å². The van der Waals surface area contributed by atoms with Crippen molar-refractivity contribution in [1.82, 2.24) is 0 Å². The minimum absolute atomic E-state index is 0.531. The van der Waals surface area contributed by atoms with Gasteiger partial charge in [-0.1, -0.05) is 58.3 Å². The lowest BCUT2D eigenvalue weighted by molar-refractivity contribution is -0.120. The number of carbonyl (C=O) groups is 1. The first-order valence-corrected chi connectivity index (χ1v) is 8.29. The zero-order valence-electron chi connectivity index (χ0n) is 12.1. The first-order valence-electron chi connectivity index (χ1n) is 8.29. The largest absolute Gasteiger partial charge is 0.300 e. The van der Waals surface area contributed by atoms with Gasteiger partial charge in [0, 0.05) is 12.8 Å². The number of fused-ring (bicyclic) bond motifs is 1. The highest BCUT2D eigenvalue weighted by atomic mass is 16.1. The summed E-state index contributed by atoms with van der Waals surface area (Å²) in [6, 6.07) is 0. The molecule has 0 aromatic rings. The molecule has 0 spiro atoms. The van der Waals surface area contributed by atoms with E-state index in [1.165, 1.54) is 57.8 Å². The summed E-state index contributed by atoms with van der Waals surface area (Å²) in [5.41, 5.74) is 0. The van der Waals surface area contributed by atoms with Crippen LogP contribution in [0.2, 0.25) is 0 Å². The lowest BCUT2D eigenvalue weighted by Gasteiger charge is -2.10. The zero-order chi connectivity index (χ0) is 12.8. The van der Waals surface area contributed by atoms with Crippen LogP contribution >= 0.6 is 0 Å². The van der Waals surface area contributed by atoms with Gasteiger partial charge in [0.2, 0.25) is 0 Å². The molecule has 2 rings (SSSR count). The van der Waals surface area contributed by atoms with Crippen molar-refractivity contribution < 1.29 is 4.79 Å². The molecule has 2 saturated carbocycles. The fourth-order valence-electron chi connectivity index (χ4n) is 3.70. The van der Waals surface area contributed by atoms with Gasteiger partial charge in [-0.2, -0.15) is 0 Å². The SMILES string of the molecule is CC1CC(=O)CCCCCCCCCCC2CC12. The number of carbonyl (C=O) groups excluding carboxylic acids is 1. The highest BCUT2D eigenvalue weighted by Crippen LogP contribution is 2.48. The smallest absolute Gasteiger partial charge is 0.133 e. The third kappa shape index (κ3) is 4.74. The van der Waals surface area contributed by atoms with Crippen LogP contribution < -0.4 is 0 Å². The van der Waals surface area contributed by atoms with Crippen LogP contribution in [0.5, 0.6) is 0 Å². The molecule has 0 heterocycles. The van der Waals surface area contributed by atoms with E-state index in [0.29, 0.717) is 11.7 Å². The Kier molecular flexibility index (Phi) is 5.72. The molecule has 3 unspecified atom stereocenters. The van der Waals surface area contributed by atoms with Gasteiger partial charge in [-0.15, -0.1) is 0 Å². The Labute approximate surface area is 113 Å². The number of ketones is 1. The second kappa shape index (κ2) is 7.31. The summed E-state index contributed by atoms with van der Waals surface area (Å²) in [4.78, 5) is 11.9. The molecule has 104 valence electrons. The molecule has 0 radical (unpaired) electrons. The van der Waals surface area contributed by atoms with E-state index in [2.05, 4.69) is 6.92 Å². The highest BCUT2D eigenvalue weighted by Gasteiger charge is 2.40. The lowest BCUT2D eigenvalue weighted by Crippen LogP contribution is -2.08. The molecule has 0 aromatic carbocycles. The van der Waals surface area contributed by atoms with Crippen molar-refractivity contribution in [3.63, 3.8) is 0 Å². The van der Waals surface area contributed by atoms with Crippen molar-refractivity contribution in [3.05, 3.63) is 0 Å². The lowest BCUT2D eigenvalue weighted by atomic mass is 9.95. The summed E-state index contributed by atoms with van der Waals surface area (Å²) in [5.74, 6) is 3.05. The normalized spacial score (nSPS) is 36.3. The van der Waals surface area contributed by atoms with Crippen molar-refractivity contribution in [2.24, 2.45) is 17.8 Å². The molecule has 0 aromatic heterocycles. The Morgan fingerprint density at radius 1 is 0.889 bits per heavy atom. The highest BCUT2D eigenvalue weighted by molar-refractivity contribution is 5.78. The topological polar surface area (TPSA) is 17.1 Å². The molecule has 1 heteroatoms. The number of Topliss-reactive ketones (excluding diaryl/α,β-unsaturated/α-hetero) is 1. The molecule has 1 nitrogen and oxygen atoms in total. The Bertz CT molecular complexity index is 258. The molecular weight excluding hydrogens is 220 g/mol. The Balaban J connectivity index is 1.75.